The molecule has 100 valence electrons. The maximum Gasteiger partial charge on any atom is 0.186 e. The number of hydrogen-bond donors (Lipinski definition) is 0. The van der Waals surface area contributed by atoms with Gasteiger partial charge in [0.2, 0.25) is 0 Å². The Balaban J connectivity index is 2.22. The van der Waals surface area contributed by atoms with Crippen LogP contribution in [0.15, 0.2) is 24.5 Å². The van der Waals surface area contributed by atoms with Gasteiger partial charge in [-0.2, -0.15) is 0 Å². The van der Waals surface area contributed by atoms with Gasteiger partial charge in [-0.15, -0.1) is 0 Å². The number of aromatic nitrogens is 2. The lowest BCUT2D eigenvalue weighted by molar-refractivity contribution is 0.102. The van der Waals surface area contributed by atoms with Crippen LogP contribution in [0.5, 0.6) is 0 Å². The van der Waals surface area contributed by atoms with E-state index in [1.807, 2.05) is 19.1 Å². The molecule has 2 heterocycles. The molecule has 5 heteroatoms. The standard InChI is InChI=1S/C14H17N3OS/c1-4-17(9-12-5-7-15-8-6-12)14-16-10(2)13(19-14)11(3)18/h5-8H,4,9H2,1-3H3. The molecule has 0 aliphatic carbocycles. The van der Waals surface area contributed by atoms with E-state index in [2.05, 4.69) is 21.8 Å². The van der Waals surface area contributed by atoms with E-state index in [4.69, 9.17) is 0 Å². The number of pyridine rings is 1. The number of ketones is 1. The first-order chi connectivity index (χ1) is 9.11. The van der Waals surface area contributed by atoms with Gasteiger partial charge in [0.25, 0.3) is 0 Å². The lowest BCUT2D eigenvalue weighted by Gasteiger charge is -2.19. The fourth-order valence-corrected chi connectivity index (χ4v) is 2.89. The van der Waals surface area contributed by atoms with E-state index in [1.165, 1.54) is 16.9 Å². The molecule has 0 saturated heterocycles. The molecule has 0 aliphatic heterocycles. The van der Waals surface area contributed by atoms with Crippen LogP contribution in [0.1, 0.15) is 34.8 Å². The van der Waals surface area contributed by atoms with E-state index < -0.39 is 0 Å². The van der Waals surface area contributed by atoms with Crippen LogP contribution < -0.4 is 4.90 Å². The smallest absolute Gasteiger partial charge is 0.186 e. The summed E-state index contributed by atoms with van der Waals surface area (Å²) in [7, 11) is 0. The summed E-state index contributed by atoms with van der Waals surface area (Å²) in [6.45, 7) is 7.20. The predicted molar refractivity (Wildman–Crippen MR) is 77.8 cm³/mol. The minimum atomic E-state index is 0.0845. The third-order valence-corrected chi connectivity index (χ3v) is 4.20. The van der Waals surface area contributed by atoms with Gasteiger partial charge in [0.1, 0.15) is 0 Å². The Bertz CT molecular complexity index is 565. The largest absolute Gasteiger partial charge is 0.344 e. The van der Waals surface area contributed by atoms with Crippen molar-refractivity contribution in [2.45, 2.75) is 27.3 Å². The number of rotatable bonds is 5. The summed E-state index contributed by atoms with van der Waals surface area (Å²) in [5.41, 5.74) is 2.01. The molecule has 2 aromatic heterocycles. The molecule has 0 aliphatic rings. The van der Waals surface area contributed by atoms with Crippen molar-refractivity contribution < 1.29 is 4.79 Å². The molecule has 0 radical (unpaired) electrons. The van der Waals surface area contributed by atoms with Gasteiger partial charge in [-0.3, -0.25) is 9.78 Å². The average molecular weight is 275 g/mol. The van der Waals surface area contributed by atoms with Gasteiger partial charge in [-0.05, 0) is 31.5 Å². The number of carbonyl (C=O) groups excluding carboxylic acids is 1. The Labute approximate surface area is 117 Å². The van der Waals surface area contributed by atoms with Gasteiger partial charge in [0, 0.05) is 32.4 Å². The van der Waals surface area contributed by atoms with Crippen molar-refractivity contribution in [1.29, 1.82) is 0 Å². The molecule has 0 atom stereocenters. The summed E-state index contributed by atoms with van der Waals surface area (Å²) in [6, 6.07) is 3.99. The van der Waals surface area contributed by atoms with E-state index in [9.17, 15) is 4.79 Å². The molecule has 0 fully saturated rings. The fourth-order valence-electron chi connectivity index (χ4n) is 1.87. The van der Waals surface area contributed by atoms with Crippen molar-refractivity contribution in [3.63, 3.8) is 0 Å². The van der Waals surface area contributed by atoms with E-state index in [0.29, 0.717) is 0 Å². The molecule has 0 spiro atoms. The Morgan fingerprint density at radius 2 is 2.05 bits per heavy atom. The highest BCUT2D eigenvalue weighted by Gasteiger charge is 2.15. The summed E-state index contributed by atoms with van der Waals surface area (Å²) in [5, 5.41) is 0.905. The molecular formula is C14H17N3OS. The van der Waals surface area contributed by atoms with Crippen LogP contribution >= 0.6 is 11.3 Å². The molecule has 0 bridgehead atoms. The van der Waals surface area contributed by atoms with E-state index >= 15 is 0 Å². The van der Waals surface area contributed by atoms with Crippen molar-refractivity contribution in [3.8, 4) is 0 Å². The first-order valence-electron chi connectivity index (χ1n) is 6.24. The number of hydrogen-bond acceptors (Lipinski definition) is 5. The lowest BCUT2D eigenvalue weighted by atomic mass is 10.2. The van der Waals surface area contributed by atoms with Crippen molar-refractivity contribution in [3.05, 3.63) is 40.7 Å². The monoisotopic (exact) mass is 275 g/mol. The average Bonchev–Trinajstić information content (AvgIpc) is 2.79. The van der Waals surface area contributed by atoms with Crippen LogP contribution in [-0.2, 0) is 6.54 Å². The highest BCUT2D eigenvalue weighted by molar-refractivity contribution is 7.17. The Kier molecular flexibility index (Phi) is 4.27. The van der Waals surface area contributed by atoms with E-state index in [0.717, 1.165) is 28.8 Å². The van der Waals surface area contributed by atoms with Crippen molar-refractivity contribution in [2.75, 3.05) is 11.4 Å². The molecule has 4 nitrogen and oxygen atoms in total. The predicted octanol–water partition coefficient (Wildman–Crippen LogP) is 3.08. The maximum atomic E-state index is 11.5. The van der Waals surface area contributed by atoms with Crippen LogP contribution in [-0.4, -0.2) is 22.3 Å². The second-order valence-electron chi connectivity index (χ2n) is 4.34. The number of aryl methyl sites for hydroxylation is 1. The van der Waals surface area contributed by atoms with Crippen molar-refractivity contribution in [2.24, 2.45) is 0 Å². The minimum absolute atomic E-state index is 0.0845. The number of nitrogens with zero attached hydrogens (tertiary/aromatic N) is 3. The number of carbonyl (C=O) groups is 1. The third-order valence-electron chi connectivity index (χ3n) is 2.88. The van der Waals surface area contributed by atoms with Crippen molar-refractivity contribution in [1.82, 2.24) is 9.97 Å². The highest BCUT2D eigenvalue weighted by Crippen LogP contribution is 2.27. The normalized spacial score (nSPS) is 10.5. The van der Waals surface area contributed by atoms with Gasteiger partial charge in [-0.25, -0.2) is 4.98 Å². The van der Waals surface area contributed by atoms with E-state index in [1.54, 1.807) is 19.3 Å². The molecule has 19 heavy (non-hydrogen) atoms. The Morgan fingerprint density at radius 3 is 2.58 bits per heavy atom. The maximum absolute atomic E-state index is 11.5. The van der Waals surface area contributed by atoms with Gasteiger partial charge in [-0.1, -0.05) is 11.3 Å². The van der Waals surface area contributed by atoms with Gasteiger partial charge in [0.15, 0.2) is 10.9 Å². The van der Waals surface area contributed by atoms with Gasteiger partial charge >= 0.3 is 0 Å². The molecule has 0 amide bonds. The summed E-state index contributed by atoms with van der Waals surface area (Å²) in [6.07, 6.45) is 3.58. The molecule has 2 rings (SSSR count). The quantitative estimate of drug-likeness (QED) is 0.787. The summed E-state index contributed by atoms with van der Waals surface area (Å²) < 4.78 is 0. The Hall–Kier alpha value is -1.75. The number of thiazole rings is 1. The van der Waals surface area contributed by atoms with E-state index in [-0.39, 0.29) is 5.78 Å². The van der Waals surface area contributed by atoms with Crippen LogP contribution in [0, 0.1) is 6.92 Å². The summed E-state index contributed by atoms with van der Waals surface area (Å²) in [4.78, 5) is 22.9. The third kappa shape index (κ3) is 3.17. The SMILES string of the molecule is CCN(Cc1ccncc1)c1nc(C)c(C(C)=O)s1. The van der Waals surface area contributed by atoms with Crippen LogP contribution in [0.25, 0.3) is 0 Å². The fraction of sp³-hybridized carbons (Fsp3) is 0.357. The first-order valence-corrected chi connectivity index (χ1v) is 7.05. The summed E-state index contributed by atoms with van der Waals surface area (Å²) >= 11 is 1.47. The zero-order chi connectivity index (χ0) is 13.8. The number of Topliss-reactive ketones (excluding diaryl/α,β-unsaturated/α-hetero) is 1. The zero-order valence-electron chi connectivity index (χ0n) is 11.4. The second-order valence-corrected chi connectivity index (χ2v) is 5.31. The Morgan fingerprint density at radius 1 is 1.37 bits per heavy atom. The summed E-state index contributed by atoms with van der Waals surface area (Å²) in [5.74, 6) is 0.0845. The van der Waals surface area contributed by atoms with Gasteiger partial charge < -0.3 is 4.90 Å². The van der Waals surface area contributed by atoms with Gasteiger partial charge in [0.05, 0.1) is 10.6 Å². The van der Waals surface area contributed by atoms with Crippen LogP contribution in [0.3, 0.4) is 0 Å². The topological polar surface area (TPSA) is 46.1 Å². The zero-order valence-corrected chi connectivity index (χ0v) is 12.2. The highest BCUT2D eigenvalue weighted by atomic mass is 32.1. The van der Waals surface area contributed by atoms with Crippen LogP contribution in [0.2, 0.25) is 0 Å². The lowest BCUT2D eigenvalue weighted by Crippen LogP contribution is -2.21. The second kappa shape index (κ2) is 5.93. The molecule has 0 saturated carbocycles. The minimum Gasteiger partial charge on any atom is -0.344 e. The van der Waals surface area contributed by atoms with Crippen molar-refractivity contribution >= 4 is 22.3 Å². The molecule has 0 unspecified atom stereocenters. The molecule has 0 aromatic carbocycles. The first kappa shape index (κ1) is 13.7. The molecule has 0 N–H and O–H groups in total. The molecular weight excluding hydrogens is 258 g/mol. The number of anilines is 1. The molecule has 2 aromatic rings. The van der Waals surface area contributed by atoms with Crippen LogP contribution in [0.4, 0.5) is 5.13 Å².